The highest BCUT2D eigenvalue weighted by Crippen LogP contribution is 2.28. The lowest BCUT2D eigenvalue weighted by Gasteiger charge is -2.08. The van der Waals surface area contributed by atoms with Crippen LogP contribution in [0.3, 0.4) is 0 Å². The molecule has 4 N–H and O–H groups in total. The molecule has 110 valence electrons. The van der Waals surface area contributed by atoms with Gasteiger partial charge in [0.05, 0.1) is 0 Å². The van der Waals surface area contributed by atoms with Crippen LogP contribution in [0.5, 0.6) is 0 Å². The molecule has 0 spiro atoms. The van der Waals surface area contributed by atoms with Crippen LogP contribution in [0.25, 0.3) is 0 Å². The fraction of sp³-hybridized carbons (Fsp3) is 0.533. The summed E-state index contributed by atoms with van der Waals surface area (Å²) in [7, 11) is 0. The van der Waals surface area contributed by atoms with Crippen LogP contribution >= 0.6 is 0 Å². The third-order valence-electron chi connectivity index (χ3n) is 3.22. The Hall–Kier alpha value is -1.59. The summed E-state index contributed by atoms with van der Waals surface area (Å²) in [6.45, 7) is 2.67. The average molecular weight is 277 g/mol. The smallest absolute Gasteiger partial charge is 0.319 e. The van der Waals surface area contributed by atoms with Crippen molar-refractivity contribution in [2.45, 2.75) is 25.8 Å². The largest absolute Gasteiger partial charge is 0.381 e. The number of hydrogen-bond acceptors (Lipinski definition) is 3. The predicted octanol–water partition coefficient (Wildman–Crippen LogP) is 2.08. The van der Waals surface area contributed by atoms with Crippen LogP contribution in [0, 0.1) is 5.92 Å². The number of nitrogens with one attached hydrogen (secondary N) is 2. The molecule has 1 fully saturated rings. The van der Waals surface area contributed by atoms with Crippen LogP contribution < -0.4 is 16.4 Å². The number of nitrogens with two attached hydrogens (primary N) is 1. The lowest BCUT2D eigenvalue weighted by atomic mass is 10.2. The minimum Gasteiger partial charge on any atom is -0.381 e. The Morgan fingerprint density at radius 3 is 3.00 bits per heavy atom. The number of amides is 2. The summed E-state index contributed by atoms with van der Waals surface area (Å²) in [6.07, 6.45) is 3.45. The van der Waals surface area contributed by atoms with Crippen LogP contribution in [0.2, 0.25) is 0 Å². The van der Waals surface area contributed by atoms with Gasteiger partial charge in [0.15, 0.2) is 0 Å². The molecule has 1 aliphatic rings. The maximum atomic E-state index is 11.7. The molecule has 2 rings (SSSR count). The second-order valence-corrected chi connectivity index (χ2v) is 5.16. The number of benzene rings is 1. The van der Waals surface area contributed by atoms with Gasteiger partial charge in [0.2, 0.25) is 0 Å². The molecule has 20 heavy (non-hydrogen) atoms. The predicted molar refractivity (Wildman–Crippen MR) is 79.5 cm³/mol. The molecule has 0 radical (unpaired) electrons. The van der Waals surface area contributed by atoms with E-state index in [0.29, 0.717) is 19.7 Å². The van der Waals surface area contributed by atoms with Gasteiger partial charge in [-0.15, -0.1) is 0 Å². The Morgan fingerprint density at radius 2 is 2.25 bits per heavy atom. The number of carbonyl (C=O) groups excluding carboxylic acids is 1. The summed E-state index contributed by atoms with van der Waals surface area (Å²) in [6, 6.07) is 7.33. The zero-order valence-electron chi connectivity index (χ0n) is 11.7. The Balaban J connectivity index is 1.56. The maximum absolute atomic E-state index is 11.7. The number of anilines is 1. The Bertz CT molecular complexity index is 433. The monoisotopic (exact) mass is 277 g/mol. The van der Waals surface area contributed by atoms with Gasteiger partial charge >= 0.3 is 6.03 Å². The Kier molecular flexibility index (Phi) is 5.83. The third-order valence-corrected chi connectivity index (χ3v) is 3.22. The molecule has 1 saturated carbocycles. The van der Waals surface area contributed by atoms with E-state index in [4.69, 9.17) is 10.5 Å². The molecule has 0 aliphatic heterocycles. The number of carbonyl (C=O) groups is 1. The van der Waals surface area contributed by atoms with Crippen molar-refractivity contribution in [2.24, 2.45) is 11.7 Å². The van der Waals surface area contributed by atoms with Crippen molar-refractivity contribution in [1.82, 2.24) is 5.32 Å². The van der Waals surface area contributed by atoms with Crippen molar-refractivity contribution in [3.8, 4) is 0 Å². The van der Waals surface area contributed by atoms with Gasteiger partial charge in [-0.2, -0.15) is 0 Å². The van der Waals surface area contributed by atoms with Crippen LogP contribution in [0.15, 0.2) is 24.3 Å². The molecule has 1 aromatic carbocycles. The summed E-state index contributed by atoms with van der Waals surface area (Å²) in [5.41, 5.74) is 7.32. The molecule has 5 nitrogen and oxygen atoms in total. The highest BCUT2D eigenvalue weighted by molar-refractivity contribution is 5.89. The van der Waals surface area contributed by atoms with Crippen molar-refractivity contribution >= 4 is 11.7 Å². The standard InChI is InChI=1S/C15H23N3O2/c16-10-13-3-1-4-14(9-13)18-15(19)17-7-2-8-20-11-12-5-6-12/h1,3-4,9,12H,2,5-8,10-11,16H2,(H2,17,18,19). The normalized spacial score (nSPS) is 14.1. The number of ether oxygens (including phenoxy) is 1. The molecular formula is C15H23N3O2. The second kappa shape index (κ2) is 7.87. The molecule has 0 bridgehead atoms. The number of rotatable bonds is 8. The van der Waals surface area contributed by atoms with E-state index >= 15 is 0 Å². The topological polar surface area (TPSA) is 76.4 Å². The fourth-order valence-corrected chi connectivity index (χ4v) is 1.86. The molecule has 1 aliphatic carbocycles. The van der Waals surface area contributed by atoms with Crippen molar-refractivity contribution in [1.29, 1.82) is 0 Å². The molecule has 0 saturated heterocycles. The van der Waals surface area contributed by atoms with E-state index in [1.54, 1.807) is 0 Å². The van der Waals surface area contributed by atoms with Gasteiger partial charge in [-0.05, 0) is 42.9 Å². The van der Waals surface area contributed by atoms with Crippen molar-refractivity contribution in [3.05, 3.63) is 29.8 Å². The molecule has 5 heteroatoms. The van der Waals surface area contributed by atoms with Crippen LogP contribution in [0.4, 0.5) is 10.5 Å². The Labute approximate surface area is 119 Å². The van der Waals surface area contributed by atoms with Gasteiger partial charge in [0, 0.05) is 32.0 Å². The zero-order valence-corrected chi connectivity index (χ0v) is 11.7. The maximum Gasteiger partial charge on any atom is 0.319 e. The van der Waals surface area contributed by atoms with E-state index in [9.17, 15) is 4.79 Å². The highest BCUT2D eigenvalue weighted by Gasteiger charge is 2.20. The number of hydrogen-bond donors (Lipinski definition) is 3. The molecule has 1 aromatic rings. The van der Waals surface area contributed by atoms with Gasteiger partial charge in [0.1, 0.15) is 0 Å². The number of urea groups is 1. The van der Waals surface area contributed by atoms with Gasteiger partial charge in [-0.25, -0.2) is 4.79 Å². The van der Waals surface area contributed by atoms with Gasteiger partial charge in [-0.1, -0.05) is 12.1 Å². The summed E-state index contributed by atoms with van der Waals surface area (Å²) in [5.74, 6) is 0.793. The highest BCUT2D eigenvalue weighted by atomic mass is 16.5. The van der Waals surface area contributed by atoms with E-state index < -0.39 is 0 Å². The first-order chi connectivity index (χ1) is 9.78. The molecule has 0 atom stereocenters. The van der Waals surface area contributed by atoms with E-state index in [1.165, 1.54) is 12.8 Å². The van der Waals surface area contributed by atoms with Crippen LogP contribution in [0.1, 0.15) is 24.8 Å². The molecule has 0 unspecified atom stereocenters. The van der Waals surface area contributed by atoms with Crippen LogP contribution in [-0.2, 0) is 11.3 Å². The summed E-state index contributed by atoms with van der Waals surface area (Å²) in [4.78, 5) is 11.7. The third kappa shape index (κ3) is 5.59. The van der Waals surface area contributed by atoms with Gasteiger partial charge in [-0.3, -0.25) is 0 Å². The van der Waals surface area contributed by atoms with E-state index in [0.717, 1.165) is 30.2 Å². The lowest BCUT2D eigenvalue weighted by Crippen LogP contribution is -2.30. The second-order valence-electron chi connectivity index (χ2n) is 5.16. The Morgan fingerprint density at radius 1 is 1.40 bits per heavy atom. The van der Waals surface area contributed by atoms with Crippen molar-refractivity contribution in [2.75, 3.05) is 25.1 Å². The zero-order chi connectivity index (χ0) is 14.2. The summed E-state index contributed by atoms with van der Waals surface area (Å²) < 4.78 is 5.50. The minimum absolute atomic E-state index is 0.193. The molecule has 2 amide bonds. The van der Waals surface area contributed by atoms with Gasteiger partial charge < -0.3 is 21.1 Å². The first-order valence-corrected chi connectivity index (χ1v) is 7.19. The molecule has 0 aromatic heterocycles. The first-order valence-electron chi connectivity index (χ1n) is 7.19. The fourth-order valence-electron chi connectivity index (χ4n) is 1.86. The summed E-state index contributed by atoms with van der Waals surface area (Å²) >= 11 is 0. The average Bonchev–Trinajstić information content (AvgIpc) is 3.27. The molecule has 0 heterocycles. The lowest BCUT2D eigenvalue weighted by molar-refractivity contribution is 0.122. The van der Waals surface area contributed by atoms with E-state index in [2.05, 4.69) is 10.6 Å². The summed E-state index contributed by atoms with van der Waals surface area (Å²) in [5, 5.41) is 5.60. The van der Waals surface area contributed by atoms with Crippen molar-refractivity contribution in [3.63, 3.8) is 0 Å². The van der Waals surface area contributed by atoms with E-state index in [-0.39, 0.29) is 6.03 Å². The van der Waals surface area contributed by atoms with Crippen molar-refractivity contribution < 1.29 is 9.53 Å². The molecular weight excluding hydrogens is 254 g/mol. The quantitative estimate of drug-likeness (QED) is 0.637. The minimum atomic E-state index is -0.193. The van der Waals surface area contributed by atoms with Crippen LogP contribution in [-0.4, -0.2) is 25.8 Å². The SMILES string of the molecule is NCc1cccc(NC(=O)NCCCOCC2CC2)c1. The van der Waals surface area contributed by atoms with E-state index in [1.807, 2.05) is 24.3 Å². The first kappa shape index (κ1) is 14.8. The van der Waals surface area contributed by atoms with Gasteiger partial charge in [0.25, 0.3) is 0 Å².